The molecule has 1 aliphatic carbocycles. The van der Waals surface area contributed by atoms with Crippen LogP contribution < -0.4 is 5.32 Å². The molecule has 1 fully saturated rings. The number of amidine groups is 1. The minimum atomic E-state index is 0.301. The number of piperidine rings is 1. The monoisotopic (exact) mass is 556 g/mol. The van der Waals surface area contributed by atoms with Gasteiger partial charge in [0.15, 0.2) is 5.84 Å². The molecule has 2 N–H and O–H groups in total. The van der Waals surface area contributed by atoms with E-state index in [1.807, 2.05) is 0 Å². The predicted molar refractivity (Wildman–Crippen MR) is 174 cm³/mol. The Morgan fingerprint density at radius 2 is 1.61 bits per heavy atom. The molecule has 2 aromatic carbocycles. The summed E-state index contributed by atoms with van der Waals surface area (Å²) in [6.45, 7) is 11.1. The first-order valence-electron chi connectivity index (χ1n) is 16.0. The molecule has 0 spiro atoms. The predicted octanol–water partition coefficient (Wildman–Crippen LogP) is 7.42. The van der Waals surface area contributed by atoms with Crippen LogP contribution in [0.2, 0.25) is 0 Å². The van der Waals surface area contributed by atoms with Crippen LogP contribution in [0.25, 0.3) is 0 Å². The molecule has 41 heavy (non-hydrogen) atoms. The minimum absolute atomic E-state index is 0.301. The molecular formula is C36H52N4O. The van der Waals surface area contributed by atoms with Gasteiger partial charge in [-0.25, -0.2) is 9.98 Å². The summed E-state index contributed by atoms with van der Waals surface area (Å²) in [5.74, 6) is 2.64. The number of rotatable bonds is 7. The fourth-order valence-corrected chi connectivity index (χ4v) is 6.72. The van der Waals surface area contributed by atoms with Gasteiger partial charge in [-0.3, -0.25) is 0 Å². The lowest BCUT2D eigenvalue weighted by Gasteiger charge is -2.34. The van der Waals surface area contributed by atoms with Crippen LogP contribution in [0.15, 0.2) is 63.8 Å². The molecule has 0 bridgehead atoms. The highest BCUT2D eigenvalue weighted by molar-refractivity contribution is 6.09. The molecule has 0 saturated carbocycles. The zero-order valence-corrected chi connectivity index (χ0v) is 26.2. The van der Waals surface area contributed by atoms with Crippen LogP contribution in [-0.2, 0) is 19.3 Å². The first-order valence-corrected chi connectivity index (χ1v) is 16.0. The third-order valence-electron chi connectivity index (χ3n) is 9.05. The Kier molecular flexibility index (Phi) is 11.8. The van der Waals surface area contributed by atoms with E-state index in [1.165, 1.54) is 53.5 Å². The summed E-state index contributed by atoms with van der Waals surface area (Å²) in [7, 11) is 2.06. The van der Waals surface area contributed by atoms with Gasteiger partial charge in [0, 0.05) is 43.4 Å². The second-order valence-corrected chi connectivity index (χ2v) is 12.0. The minimum Gasteiger partial charge on any atom is -0.396 e. The van der Waals surface area contributed by atoms with Crippen molar-refractivity contribution in [2.24, 2.45) is 15.9 Å². The van der Waals surface area contributed by atoms with Crippen LogP contribution in [-0.4, -0.2) is 48.3 Å². The molecule has 1 atom stereocenters. The van der Waals surface area contributed by atoms with Crippen molar-refractivity contribution in [3.63, 3.8) is 0 Å². The zero-order chi connectivity index (χ0) is 29.2. The molecule has 5 nitrogen and oxygen atoms in total. The summed E-state index contributed by atoms with van der Waals surface area (Å²) >= 11 is 0. The Bertz CT molecular complexity index is 1210. The highest BCUT2D eigenvalue weighted by atomic mass is 16.3. The quantitative estimate of drug-likeness (QED) is 0.349. The lowest BCUT2D eigenvalue weighted by molar-refractivity contribution is 0.183. The maximum absolute atomic E-state index is 9.24. The summed E-state index contributed by atoms with van der Waals surface area (Å²) in [4.78, 5) is 12.6. The molecule has 5 rings (SSSR count). The molecule has 0 radical (unpaired) electrons. The smallest absolute Gasteiger partial charge is 0.161 e. The van der Waals surface area contributed by atoms with E-state index >= 15 is 0 Å². The molecule has 222 valence electrons. The maximum Gasteiger partial charge on any atom is 0.161 e. The Morgan fingerprint density at radius 3 is 2.27 bits per heavy atom. The molecule has 0 aromatic heterocycles. The van der Waals surface area contributed by atoms with Crippen LogP contribution in [0.5, 0.6) is 0 Å². The van der Waals surface area contributed by atoms with Crippen LogP contribution >= 0.6 is 0 Å². The molecule has 5 heteroatoms. The number of benzene rings is 2. The molecule has 0 amide bonds. The maximum atomic E-state index is 9.24. The fourth-order valence-electron chi connectivity index (χ4n) is 6.72. The van der Waals surface area contributed by atoms with Crippen molar-refractivity contribution in [1.29, 1.82) is 0 Å². The average molecular weight is 557 g/mol. The third kappa shape index (κ3) is 7.96. The van der Waals surface area contributed by atoms with Gasteiger partial charge in [-0.05, 0) is 106 Å². The molecular weight excluding hydrogens is 504 g/mol. The summed E-state index contributed by atoms with van der Waals surface area (Å²) in [6, 6.07) is 16.0. The standard InChI is InChI=1S/C24H35N3O.C12H17N/c1-5-20-8-7-9-21(6-2)22(20)23-25-18(4)16-17(3)24(26-23)27-13-10-19(11-14-27)12-15-28;1-13-12-9-5-3-7-10-6-2-4-8-11(10)12/h7-9,19,28H,5-6,10-16H2,1-4H3;2,4,6,8,12-13H,3,5,7,9H2,1H3/t;12-/m.0/s1. The molecule has 2 aromatic rings. The van der Waals surface area contributed by atoms with Crippen molar-refractivity contribution >= 4 is 11.5 Å². The highest BCUT2D eigenvalue weighted by Crippen LogP contribution is 2.30. The van der Waals surface area contributed by atoms with Gasteiger partial charge in [0.25, 0.3) is 0 Å². The number of likely N-dealkylation sites (tertiary alicyclic amines) is 1. The van der Waals surface area contributed by atoms with Gasteiger partial charge in [0.1, 0.15) is 5.82 Å². The van der Waals surface area contributed by atoms with Gasteiger partial charge in [0.05, 0.1) is 0 Å². The number of aliphatic hydroxyl groups is 1. The van der Waals surface area contributed by atoms with Gasteiger partial charge >= 0.3 is 0 Å². The number of aliphatic hydroxyl groups excluding tert-OH is 1. The normalized spacial score (nSPS) is 19.9. The lowest BCUT2D eigenvalue weighted by atomic mass is 9.93. The molecule has 3 aliphatic rings. The molecule has 2 heterocycles. The van der Waals surface area contributed by atoms with E-state index in [-0.39, 0.29) is 0 Å². The van der Waals surface area contributed by atoms with Gasteiger partial charge in [-0.2, -0.15) is 0 Å². The SMILES string of the molecule is CCc1cccc(CC)c1C1=NC(N2CCC(CCO)CC2)=C(C)CC(C)=N1.CN[C@H]1CCCCc2ccccc21. The molecule has 1 saturated heterocycles. The van der Waals surface area contributed by atoms with E-state index < -0.39 is 0 Å². The van der Waals surface area contributed by atoms with Gasteiger partial charge in [0.2, 0.25) is 0 Å². The number of aryl methyl sites for hydroxylation is 3. The number of allylic oxidation sites excluding steroid dienone is 1. The van der Waals surface area contributed by atoms with Crippen LogP contribution in [0.4, 0.5) is 0 Å². The Balaban J connectivity index is 0.000000247. The van der Waals surface area contributed by atoms with E-state index in [0.717, 1.165) is 69.0 Å². The summed E-state index contributed by atoms with van der Waals surface area (Å²) in [6.07, 6.45) is 11.3. The molecule has 2 aliphatic heterocycles. The number of fused-ring (bicyclic) bond motifs is 1. The van der Waals surface area contributed by atoms with Gasteiger partial charge < -0.3 is 15.3 Å². The van der Waals surface area contributed by atoms with Crippen molar-refractivity contribution in [1.82, 2.24) is 10.2 Å². The summed E-state index contributed by atoms with van der Waals surface area (Å²) < 4.78 is 0. The number of hydrogen-bond acceptors (Lipinski definition) is 5. The fraction of sp³-hybridized carbons (Fsp3) is 0.556. The van der Waals surface area contributed by atoms with E-state index in [9.17, 15) is 5.11 Å². The number of nitrogens with zero attached hydrogens (tertiary/aromatic N) is 3. The van der Waals surface area contributed by atoms with Crippen molar-refractivity contribution in [3.8, 4) is 0 Å². The summed E-state index contributed by atoms with van der Waals surface area (Å²) in [5, 5.41) is 12.6. The highest BCUT2D eigenvalue weighted by Gasteiger charge is 2.24. The first kappa shape index (κ1) is 31.2. The number of nitrogens with one attached hydrogen (secondary N) is 1. The van der Waals surface area contributed by atoms with Crippen LogP contribution in [0.1, 0.15) is 106 Å². The van der Waals surface area contributed by atoms with Crippen molar-refractivity contribution in [2.75, 3.05) is 26.7 Å². The second-order valence-electron chi connectivity index (χ2n) is 12.0. The van der Waals surface area contributed by atoms with Gasteiger partial charge in [-0.1, -0.05) is 62.7 Å². The van der Waals surface area contributed by atoms with Crippen molar-refractivity contribution in [3.05, 3.63) is 81.7 Å². The zero-order valence-electron chi connectivity index (χ0n) is 26.2. The Labute approximate surface area is 248 Å². The van der Waals surface area contributed by atoms with Crippen molar-refractivity contribution < 1.29 is 5.11 Å². The Morgan fingerprint density at radius 1 is 0.902 bits per heavy atom. The average Bonchev–Trinajstić information content (AvgIpc) is 3.30. The largest absolute Gasteiger partial charge is 0.396 e. The Hall–Kier alpha value is -2.76. The second kappa shape index (κ2) is 15.5. The van der Waals surface area contributed by atoms with E-state index in [4.69, 9.17) is 9.98 Å². The van der Waals surface area contributed by atoms with E-state index in [0.29, 0.717) is 18.6 Å². The third-order valence-corrected chi connectivity index (χ3v) is 9.05. The number of aliphatic imine (C=N–C) groups is 2. The first-order chi connectivity index (χ1) is 20.0. The van der Waals surface area contributed by atoms with Crippen LogP contribution in [0, 0.1) is 5.92 Å². The van der Waals surface area contributed by atoms with Gasteiger partial charge in [-0.15, -0.1) is 0 Å². The molecule has 0 unspecified atom stereocenters. The van der Waals surface area contributed by atoms with Crippen LogP contribution in [0.3, 0.4) is 0 Å². The van der Waals surface area contributed by atoms with E-state index in [1.54, 1.807) is 5.56 Å². The van der Waals surface area contributed by atoms with Crippen molar-refractivity contribution in [2.45, 2.75) is 97.9 Å². The topological polar surface area (TPSA) is 60.2 Å². The lowest BCUT2D eigenvalue weighted by Crippen LogP contribution is -2.33. The summed E-state index contributed by atoms with van der Waals surface area (Å²) in [5.41, 5.74) is 9.39. The van der Waals surface area contributed by atoms with E-state index in [2.05, 4.69) is 87.4 Å². The number of hydrogen-bond donors (Lipinski definition) is 2.